The Kier molecular flexibility index (Phi) is 5.21. The van der Waals surface area contributed by atoms with Crippen LogP contribution in [0.5, 0.6) is 0 Å². The molecule has 0 amide bonds. The summed E-state index contributed by atoms with van der Waals surface area (Å²) in [6.45, 7) is 4.37. The maximum atomic E-state index is 2.21. The van der Waals surface area contributed by atoms with Gasteiger partial charge in [0.05, 0.1) is 0 Å². The lowest BCUT2D eigenvalue weighted by Crippen LogP contribution is -1.79. The molecule has 0 radical (unpaired) electrons. The molecule has 0 aliphatic heterocycles. The molecule has 0 aromatic heterocycles. The summed E-state index contributed by atoms with van der Waals surface area (Å²) in [4.78, 5) is 2.63. The summed E-state index contributed by atoms with van der Waals surface area (Å²) in [5.41, 5.74) is 2.80. The Labute approximate surface area is 118 Å². The molecule has 2 heteroatoms. The zero-order valence-electron chi connectivity index (χ0n) is 10.8. The highest BCUT2D eigenvalue weighted by molar-refractivity contribution is 8.76. The lowest BCUT2D eigenvalue weighted by Gasteiger charge is -2.03. The van der Waals surface area contributed by atoms with Gasteiger partial charge in [-0.3, -0.25) is 0 Å². The number of hydrogen-bond donors (Lipinski definition) is 0. The fourth-order valence-corrected chi connectivity index (χ4v) is 3.59. The van der Waals surface area contributed by atoms with Gasteiger partial charge in [0.25, 0.3) is 0 Å². The van der Waals surface area contributed by atoms with Crippen molar-refractivity contribution in [2.45, 2.75) is 36.5 Å². The van der Waals surface area contributed by atoms with Crippen LogP contribution in [0.2, 0.25) is 0 Å². The van der Waals surface area contributed by atoms with E-state index in [9.17, 15) is 0 Å². The Morgan fingerprint density at radius 3 is 1.22 bits per heavy atom. The second-order valence-corrected chi connectivity index (χ2v) is 6.44. The molecule has 0 heterocycles. The SMILES string of the molecule is CCc1ccc(SSc2ccc(CC)cc2)cc1. The highest BCUT2D eigenvalue weighted by Crippen LogP contribution is 2.37. The third-order valence-corrected chi connectivity index (χ3v) is 5.31. The van der Waals surface area contributed by atoms with Gasteiger partial charge in [0.15, 0.2) is 0 Å². The minimum absolute atomic E-state index is 1.11. The van der Waals surface area contributed by atoms with Crippen molar-refractivity contribution in [1.82, 2.24) is 0 Å². The Morgan fingerprint density at radius 2 is 0.944 bits per heavy atom. The van der Waals surface area contributed by atoms with E-state index in [0.717, 1.165) is 12.8 Å². The first kappa shape index (κ1) is 13.6. The highest BCUT2D eigenvalue weighted by Gasteiger charge is 1.98. The highest BCUT2D eigenvalue weighted by atomic mass is 33.1. The lowest BCUT2D eigenvalue weighted by atomic mass is 10.2. The van der Waals surface area contributed by atoms with Crippen LogP contribution in [0.1, 0.15) is 25.0 Å². The van der Waals surface area contributed by atoms with E-state index in [1.165, 1.54) is 20.9 Å². The maximum Gasteiger partial charge on any atom is 0.0186 e. The van der Waals surface area contributed by atoms with Gasteiger partial charge in [0.1, 0.15) is 0 Å². The molecule has 0 N–H and O–H groups in total. The maximum absolute atomic E-state index is 2.21. The van der Waals surface area contributed by atoms with Crippen LogP contribution in [0.25, 0.3) is 0 Å². The molecule has 0 aliphatic rings. The van der Waals surface area contributed by atoms with Gasteiger partial charge in [-0.25, -0.2) is 0 Å². The minimum Gasteiger partial charge on any atom is -0.0613 e. The van der Waals surface area contributed by atoms with Gasteiger partial charge < -0.3 is 0 Å². The second-order valence-electron chi connectivity index (χ2n) is 4.16. The average molecular weight is 274 g/mol. The van der Waals surface area contributed by atoms with Crippen molar-refractivity contribution < 1.29 is 0 Å². The molecule has 2 rings (SSSR count). The van der Waals surface area contributed by atoms with Crippen LogP contribution in [0.3, 0.4) is 0 Å². The molecule has 0 saturated carbocycles. The molecule has 0 saturated heterocycles. The summed E-state index contributed by atoms with van der Waals surface area (Å²) in [7, 11) is 3.65. The van der Waals surface area contributed by atoms with Crippen LogP contribution in [-0.4, -0.2) is 0 Å². The first-order chi connectivity index (χ1) is 8.81. The van der Waals surface area contributed by atoms with Crippen LogP contribution in [0.15, 0.2) is 58.3 Å². The van der Waals surface area contributed by atoms with Gasteiger partial charge in [0.2, 0.25) is 0 Å². The topological polar surface area (TPSA) is 0 Å². The average Bonchev–Trinajstić information content (AvgIpc) is 2.46. The molecule has 18 heavy (non-hydrogen) atoms. The first-order valence-electron chi connectivity index (χ1n) is 6.34. The Morgan fingerprint density at radius 1 is 0.611 bits per heavy atom. The Bertz CT molecular complexity index is 424. The summed E-state index contributed by atoms with van der Waals surface area (Å²) >= 11 is 0. The third kappa shape index (κ3) is 3.82. The molecular weight excluding hydrogens is 256 g/mol. The van der Waals surface area contributed by atoms with Gasteiger partial charge in [0, 0.05) is 9.79 Å². The summed E-state index contributed by atoms with van der Waals surface area (Å²) in [6, 6.07) is 17.7. The molecule has 0 atom stereocenters. The summed E-state index contributed by atoms with van der Waals surface area (Å²) < 4.78 is 0. The van der Waals surface area contributed by atoms with E-state index in [2.05, 4.69) is 62.4 Å². The van der Waals surface area contributed by atoms with Crippen molar-refractivity contribution in [2.75, 3.05) is 0 Å². The molecule has 0 aliphatic carbocycles. The van der Waals surface area contributed by atoms with Gasteiger partial charge >= 0.3 is 0 Å². The van der Waals surface area contributed by atoms with E-state index in [4.69, 9.17) is 0 Å². The fourth-order valence-electron chi connectivity index (χ4n) is 1.66. The van der Waals surface area contributed by atoms with E-state index in [1.54, 1.807) is 0 Å². The third-order valence-electron chi connectivity index (χ3n) is 2.90. The van der Waals surface area contributed by atoms with Crippen LogP contribution in [0.4, 0.5) is 0 Å². The van der Waals surface area contributed by atoms with Gasteiger partial charge in [-0.15, -0.1) is 0 Å². The quantitative estimate of drug-likeness (QED) is 0.650. The fraction of sp³-hybridized carbons (Fsp3) is 0.250. The zero-order valence-corrected chi connectivity index (χ0v) is 12.5. The zero-order chi connectivity index (χ0) is 12.8. The Hall–Kier alpha value is -0.860. The van der Waals surface area contributed by atoms with E-state index in [1.807, 2.05) is 21.6 Å². The van der Waals surface area contributed by atoms with Crippen LogP contribution >= 0.6 is 21.6 Å². The molecular formula is C16H18S2. The molecule has 0 fully saturated rings. The van der Waals surface area contributed by atoms with Gasteiger partial charge in [-0.2, -0.15) is 0 Å². The lowest BCUT2D eigenvalue weighted by molar-refractivity contribution is 1.13. The summed E-state index contributed by atoms with van der Waals surface area (Å²) in [6.07, 6.45) is 2.22. The summed E-state index contributed by atoms with van der Waals surface area (Å²) in [5, 5.41) is 0. The van der Waals surface area contributed by atoms with Crippen molar-refractivity contribution in [3.63, 3.8) is 0 Å². The first-order valence-corrected chi connectivity index (χ1v) is 8.49. The molecule has 94 valence electrons. The second kappa shape index (κ2) is 6.91. The normalized spacial score (nSPS) is 10.6. The molecule has 0 bridgehead atoms. The van der Waals surface area contributed by atoms with Crippen LogP contribution < -0.4 is 0 Å². The van der Waals surface area contributed by atoms with Crippen LogP contribution in [0, 0.1) is 0 Å². The summed E-state index contributed by atoms with van der Waals surface area (Å²) in [5.74, 6) is 0. The van der Waals surface area contributed by atoms with Crippen molar-refractivity contribution in [3.05, 3.63) is 59.7 Å². The van der Waals surface area contributed by atoms with Crippen LogP contribution in [-0.2, 0) is 12.8 Å². The standard InChI is InChI=1S/C16H18S2/c1-3-13-5-9-15(10-6-13)17-18-16-11-7-14(4-2)8-12-16/h5-12H,3-4H2,1-2H3. The van der Waals surface area contributed by atoms with Gasteiger partial charge in [-0.05, 0) is 48.2 Å². The monoisotopic (exact) mass is 274 g/mol. The predicted molar refractivity (Wildman–Crippen MR) is 83.4 cm³/mol. The molecule has 2 aromatic rings. The molecule has 2 aromatic carbocycles. The minimum atomic E-state index is 1.11. The molecule has 0 spiro atoms. The molecule has 0 nitrogen and oxygen atoms in total. The predicted octanol–water partition coefficient (Wildman–Crippen LogP) is 5.61. The largest absolute Gasteiger partial charge is 0.0613 e. The van der Waals surface area contributed by atoms with Crippen molar-refractivity contribution in [2.24, 2.45) is 0 Å². The number of aryl methyl sites for hydroxylation is 2. The molecule has 0 unspecified atom stereocenters. The number of benzene rings is 2. The van der Waals surface area contributed by atoms with E-state index < -0.39 is 0 Å². The number of rotatable bonds is 5. The van der Waals surface area contributed by atoms with E-state index >= 15 is 0 Å². The number of hydrogen-bond acceptors (Lipinski definition) is 2. The van der Waals surface area contributed by atoms with Crippen molar-refractivity contribution in [1.29, 1.82) is 0 Å². The van der Waals surface area contributed by atoms with Gasteiger partial charge in [-0.1, -0.05) is 59.7 Å². The van der Waals surface area contributed by atoms with Crippen molar-refractivity contribution in [3.8, 4) is 0 Å². The smallest absolute Gasteiger partial charge is 0.0186 e. The Balaban J connectivity index is 1.93. The van der Waals surface area contributed by atoms with E-state index in [-0.39, 0.29) is 0 Å². The van der Waals surface area contributed by atoms with Crippen molar-refractivity contribution >= 4 is 21.6 Å². The van der Waals surface area contributed by atoms with E-state index in [0.29, 0.717) is 0 Å².